The van der Waals surface area contributed by atoms with Crippen LogP contribution in [0, 0.1) is 5.82 Å². The lowest BCUT2D eigenvalue weighted by Crippen LogP contribution is -2.35. The molecule has 0 aliphatic rings. The third-order valence-corrected chi connectivity index (χ3v) is 3.06. The van der Waals surface area contributed by atoms with Gasteiger partial charge in [-0.2, -0.15) is 0 Å². The zero-order chi connectivity index (χ0) is 16.8. The van der Waals surface area contributed by atoms with Gasteiger partial charge in [0.05, 0.1) is 25.5 Å². The molecule has 2 aromatic rings. The van der Waals surface area contributed by atoms with Crippen LogP contribution < -0.4 is 10.1 Å². The lowest BCUT2D eigenvalue weighted by Gasteiger charge is -2.13. The van der Waals surface area contributed by atoms with Crippen molar-refractivity contribution in [3.63, 3.8) is 0 Å². The molecular formula is C16H16FNO5. The number of halogens is 1. The van der Waals surface area contributed by atoms with Crippen LogP contribution in [0.15, 0.2) is 41.0 Å². The number of methoxy groups -OCH3 is 1. The van der Waals surface area contributed by atoms with E-state index in [0.29, 0.717) is 5.76 Å². The maximum absolute atomic E-state index is 13.6. The highest BCUT2D eigenvalue weighted by Crippen LogP contribution is 2.18. The molecular weight excluding hydrogens is 305 g/mol. The Bertz CT molecular complexity index is 684. The van der Waals surface area contributed by atoms with E-state index in [1.54, 1.807) is 12.1 Å². The predicted molar refractivity (Wildman–Crippen MR) is 78.4 cm³/mol. The number of ether oxygens (including phenoxy) is 2. The molecule has 0 aliphatic carbocycles. The van der Waals surface area contributed by atoms with Gasteiger partial charge in [-0.05, 0) is 37.3 Å². The molecule has 0 fully saturated rings. The lowest BCUT2D eigenvalue weighted by molar-refractivity contribution is -0.129. The van der Waals surface area contributed by atoms with Gasteiger partial charge in [0, 0.05) is 0 Å². The molecule has 0 radical (unpaired) electrons. The summed E-state index contributed by atoms with van der Waals surface area (Å²) in [6.45, 7) is 1.61. The first-order valence-corrected chi connectivity index (χ1v) is 6.86. The molecule has 1 atom stereocenters. The zero-order valence-corrected chi connectivity index (χ0v) is 12.7. The Morgan fingerprint density at radius 1 is 1.35 bits per heavy atom. The minimum atomic E-state index is -1.03. The van der Waals surface area contributed by atoms with Gasteiger partial charge < -0.3 is 19.2 Å². The molecule has 7 heteroatoms. The Morgan fingerprint density at radius 2 is 2.13 bits per heavy atom. The largest absolute Gasteiger partial charge is 0.494 e. The third-order valence-electron chi connectivity index (χ3n) is 3.06. The molecule has 122 valence electrons. The molecule has 0 bridgehead atoms. The fourth-order valence-corrected chi connectivity index (χ4v) is 1.81. The van der Waals surface area contributed by atoms with Gasteiger partial charge in [0.15, 0.2) is 17.7 Å². The summed E-state index contributed by atoms with van der Waals surface area (Å²) in [6.07, 6.45) is 0.464. The van der Waals surface area contributed by atoms with Crippen LogP contribution in [0.4, 0.5) is 4.39 Å². The van der Waals surface area contributed by atoms with E-state index in [9.17, 15) is 14.0 Å². The van der Waals surface area contributed by atoms with Crippen LogP contribution in [0.25, 0.3) is 0 Å². The van der Waals surface area contributed by atoms with Crippen LogP contribution in [0.5, 0.6) is 5.75 Å². The summed E-state index contributed by atoms with van der Waals surface area (Å²) >= 11 is 0. The maximum Gasteiger partial charge on any atom is 0.339 e. The fraction of sp³-hybridized carbons (Fsp3) is 0.250. The normalized spacial score (nSPS) is 11.6. The Kier molecular flexibility index (Phi) is 5.35. The van der Waals surface area contributed by atoms with Crippen molar-refractivity contribution < 1.29 is 27.9 Å². The van der Waals surface area contributed by atoms with Crippen molar-refractivity contribution in [1.82, 2.24) is 5.32 Å². The second-order valence-corrected chi connectivity index (χ2v) is 4.69. The van der Waals surface area contributed by atoms with Gasteiger partial charge in [0.1, 0.15) is 5.76 Å². The number of hydrogen-bond acceptors (Lipinski definition) is 5. The molecule has 1 heterocycles. The van der Waals surface area contributed by atoms with Crippen molar-refractivity contribution in [2.75, 3.05) is 7.11 Å². The number of nitrogens with one attached hydrogen (secondary N) is 1. The van der Waals surface area contributed by atoms with Gasteiger partial charge in [-0.1, -0.05) is 0 Å². The SMILES string of the molecule is COc1ccc(C(=O)O[C@H](C)C(=O)NCc2ccco2)cc1F. The average molecular weight is 321 g/mol. The number of carbonyl (C=O) groups excluding carboxylic acids is 2. The van der Waals surface area contributed by atoms with E-state index in [1.807, 2.05) is 0 Å². The van der Waals surface area contributed by atoms with Gasteiger partial charge in [-0.15, -0.1) is 0 Å². The quantitative estimate of drug-likeness (QED) is 0.826. The summed E-state index contributed by atoms with van der Waals surface area (Å²) in [6, 6.07) is 7.07. The number of rotatable bonds is 6. The van der Waals surface area contributed by atoms with Crippen molar-refractivity contribution in [1.29, 1.82) is 0 Å². The van der Waals surface area contributed by atoms with E-state index < -0.39 is 23.8 Å². The molecule has 1 amide bonds. The average Bonchev–Trinajstić information content (AvgIpc) is 3.05. The second kappa shape index (κ2) is 7.44. The fourth-order valence-electron chi connectivity index (χ4n) is 1.81. The highest BCUT2D eigenvalue weighted by Gasteiger charge is 2.20. The molecule has 6 nitrogen and oxygen atoms in total. The number of amides is 1. The van der Waals surface area contributed by atoms with Gasteiger partial charge in [-0.25, -0.2) is 9.18 Å². The van der Waals surface area contributed by atoms with E-state index in [4.69, 9.17) is 13.9 Å². The van der Waals surface area contributed by atoms with E-state index >= 15 is 0 Å². The first kappa shape index (κ1) is 16.5. The predicted octanol–water partition coefficient (Wildman–Crippen LogP) is 2.29. The van der Waals surface area contributed by atoms with Crippen LogP contribution in [0.3, 0.4) is 0 Å². The monoisotopic (exact) mass is 321 g/mol. The first-order chi connectivity index (χ1) is 11.0. The first-order valence-electron chi connectivity index (χ1n) is 6.86. The van der Waals surface area contributed by atoms with E-state index in [-0.39, 0.29) is 17.9 Å². The molecule has 0 aliphatic heterocycles. The van der Waals surface area contributed by atoms with Gasteiger partial charge in [0.2, 0.25) is 0 Å². The molecule has 23 heavy (non-hydrogen) atoms. The smallest absolute Gasteiger partial charge is 0.339 e. The number of furan rings is 1. The highest BCUT2D eigenvalue weighted by molar-refractivity contribution is 5.92. The molecule has 0 saturated carbocycles. The Balaban J connectivity index is 1.90. The summed E-state index contributed by atoms with van der Waals surface area (Å²) in [5.74, 6) is -1.37. The number of carbonyl (C=O) groups is 2. The molecule has 0 spiro atoms. The van der Waals surface area contributed by atoms with E-state index in [2.05, 4.69) is 5.32 Å². The Labute approximate surface area is 132 Å². The summed E-state index contributed by atoms with van der Waals surface area (Å²) in [4.78, 5) is 23.8. The summed E-state index contributed by atoms with van der Waals surface area (Å²) in [7, 11) is 1.32. The molecule has 0 unspecified atom stereocenters. The standard InChI is InChI=1S/C16H16FNO5/c1-10(15(19)18-9-12-4-3-7-22-12)23-16(20)11-5-6-14(21-2)13(17)8-11/h3-8,10H,9H2,1-2H3,(H,18,19)/t10-/m1/s1. The minimum Gasteiger partial charge on any atom is -0.494 e. The lowest BCUT2D eigenvalue weighted by atomic mass is 10.2. The summed E-state index contributed by atoms with van der Waals surface area (Å²) < 4.78 is 28.4. The minimum absolute atomic E-state index is 0.00557. The third kappa shape index (κ3) is 4.32. The molecule has 1 aromatic carbocycles. The maximum atomic E-state index is 13.6. The van der Waals surface area contributed by atoms with Crippen molar-refractivity contribution in [2.45, 2.75) is 19.6 Å². The van der Waals surface area contributed by atoms with Crippen LogP contribution in [0.2, 0.25) is 0 Å². The molecule has 1 aromatic heterocycles. The number of benzene rings is 1. The molecule has 2 rings (SSSR count). The van der Waals surface area contributed by atoms with Crippen LogP contribution in [-0.2, 0) is 16.1 Å². The van der Waals surface area contributed by atoms with Crippen LogP contribution >= 0.6 is 0 Å². The van der Waals surface area contributed by atoms with Crippen molar-refractivity contribution in [3.8, 4) is 5.75 Å². The van der Waals surface area contributed by atoms with Crippen molar-refractivity contribution >= 4 is 11.9 Å². The van der Waals surface area contributed by atoms with Gasteiger partial charge in [0.25, 0.3) is 5.91 Å². The number of esters is 1. The van der Waals surface area contributed by atoms with Crippen molar-refractivity contribution in [2.24, 2.45) is 0 Å². The topological polar surface area (TPSA) is 77.8 Å². The van der Waals surface area contributed by atoms with Gasteiger partial charge >= 0.3 is 5.97 Å². The van der Waals surface area contributed by atoms with Gasteiger partial charge in [-0.3, -0.25) is 4.79 Å². The summed E-state index contributed by atoms with van der Waals surface area (Å²) in [5, 5.41) is 2.57. The molecule has 1 N–H and O–H groups in total. The van der Waals surface area contributed by atoms with Crippen molar-refractivity contribution in [3.05, 3.63) is 53.7 Å². The van der Waals surface area contributed by atoms with E-state index in [0.717, 1.165) is 6.07 Å². The molecule has 0 saturated heterocycles. The second-order valence-electron chi connectivity index (χ2n) is 4.69. The zero-order valence-electron chi connectivity index (χ0n) is 12.7. The van der Waals surface area contributed by atoms with Crippen LogP contribution in [0.1, 0.15) is 23.0 Å². The van der Waals surface area contributed by atoms with Crippen LogP contribution in [-0.4, -0.2) is 25.1 Å². The van der Waals surface area contributed by atoms with E-state index in [1.165, 1.54) is 32.4 Å². The Morgan fingerprint density at radius 3 is 2.74 bits per heavy atom. The number of hydrogen-bond donors (Lipinski definition) is 1. The Hall–Kier alpha value is -2.83. The summed E-state index contributed by atoms with van der Waals surface area (Å²) in [5.41, 5.74) is -0.00557. The highest BCUT2D eigenvalue weighted by atomic mass is 19.1.